The number of furan rings is 1. The number of nitrogens with zero attached hydrogens (tertiary/aromatic N) is 2. The van der Waals surface area contributed by atoms with Gasteiger partial charge in [0.25, 0.3) is 0 Å². The monoisotopic (exact) mass is 716 g/mol. The summed E-state index contributed by atoms with van der Waals surface area (Å²) in [6, 6.07) is 36.8. The Balaban J connectivity index is 1.12. The maximum absolute atomic E-state index is 7.16. The van der Waals surface area contributed by atoms with Gasteiger partial charge in [0.2, 0.25) is 11.4 Å². The van der Waals surface area contributed by atoms with Crippen LogP contribution in [-0.2, 0) is 5.41 Å². The first-order valence-electron chi connectivity index (χ1n) is 21.8. The molecule has 0 saturated heterocycles. The van der Waals surface area contributed by atoms with E-state index in [1.165, 1.54) is 165 Å². The molecular weight excluding hydrogens is 657 g/mol. The van der Waals surface area contributed by atoms with E-state index >= 15 is 0 Å². The van der Waals surface area contributed by atoms with Gasteiger partial charge in [-0.2, -0.15) is 0 Å². The molecule has 54 heavy (non-hydrogen) atoms. The van der Waals surface area contributed by atoms with Crippen LogP contribution in [0.4, 0.5) is 0 Å². The Kier molecular flexibility index (Phi) is 10.2. The van der Waals surface area contributed by atoms with Crippen molar-refractivity contribution in [2.75, 3.05) is 0 Å². The van der Waals surface area contributed by atoms with Gasteiger partial charge in [-0.15, -0.1) is 0 Å². The number of hydrogen-bond donors (Lipinski definition) is 0. The van der Waals surface area contributed by atoms with E-state index in [-0.39, 0.29) is 5.41 Å². The zero-order valence-electron chi connectivity index (χ0n) is 32.9. The average molecular weight is 717 g/mol. The third-order valence-electron chi connectivity index (χ3n) is 13.8. The van der Waals surface area contributed by atoms with Crippen molar-refractivity contribution in [1.29, 1.82) is 0 Å². The molecule has 3 aromatic heterocycles. The lowest BCUT2D eigenvalue weighted by molar-refractivity contribution is 0.266. The number of benzene rings is 4. The van der Waals surface area contributed by atoms with E-state index in [0.29, 0.717) is 5.92 Å². The van der Waals surface area contributed by atoms with Crippen molar-refractivity contribution in [3.05, 3.63) is 108 Å². The van der Waals surface area contributed by atoms with Gasteiger partial charge >= 0.3 is 0 Å². The lowest BCUT2D eigenvalue weighted by Gasteiger charge is -2.35. The number of hydrogen-bond acceptors (Lipinski definition) is 1. The molecule has 280 valence electrons. The molecule has 0 unspecified atom stereocenters. The Labute approximate surface area is 322 Å². The first-order valence-corrected chi connectivity index (χ1v) is 21.8. The maximum Gasteiger partial charge on any atom is 0.215 e. The molecule has 0 amide bonds. The van der Waals surface area contributed by atoms with E-state index in [9.17, 15) is 0 Å². The SMILES string of the molecule is CC(C)(c1ccc(-n2c3ccccc3c3c4c5ccccc5n(-c5ccc(C6CCCCCCCC6)cc5)c4oc32)cc1)C1CCCCCCCCCC1. The van der Waals surface area contributed by atoms with Crippen LogP contribution in [0.2, 0.25) is 0 Å². The highest BCUT2D eigenvalue weighted by Crippen LogP contribution is 2.45. The molecule has 3 nitrogen and oxygen atoms in total. The summed E-state index contributed by atoms with van der Waals surface area (Å²) in [6.07, 6.45) is 24.8. The van der Waals surface area contributed by atoms with Crippen LogP contribution < -0.4 is 0 Å². The molecule has 0 radical (unpaired) electrons. The Morgan fingerprint density at radius 2 is 0.870 bits per heavy atom. The Bertz CT molecular complexity index is 2310. The third kappa shape index (κ3) is 6.60. The van der Waals surface area contributed by atoms with E-state index in [4.69, 9.17) is 4.42 Å². The molecule has 2 aliphatic rings. The van der Waals surface area contributed by atoms with Crippen molar-refractivity contribution in [3.8, 4) is 11.4 Å². The lowest BCUT2D eigenvalue weighted by atomic mass is 9.69. The van der Waals surface area contributed by atoms with Crippen molar-refractivity contribution in [3.63, 3.8) is 0 Å². The molecule has 2 saturated carbocycles. The Morgan fingerprint density at radius 1 is 0.463 bits per heavy atom. The largest absolute Gasteiger partial charge is 0.422 e. The van der Waals surface area contributed by atoms with E-state index < -0.39 is 0 Å². The summed E-state index contributed by atoms with van der Waals surface area (Å²) in [7, 11) is 0. The molecule has 0 N–H and O–H groups in total. The van der Waals surface area contributed by atoms with Crippen LogP contribution in [-0.4, -0.2) is 9.13 Å². The van der Waals surface area contributed by atoms with Crippen molar-refractivity contribution in [1.82, 2.24) is 9.13 Å². The van der Waals surface area contributed by atoms with Crippen LogP contribution in [0.15, 0.2) is 101 Å². The van der Waals surface area contributed by atoms with Gasteiger partial charge in [-0.25, -0.2) is 0 Å². The van der Waals surface area contributed by atoms with Gasteiger partial charge in [-0.1, -0.05) is 164 Å². The first kappa shape index (κ1) is 35.5. The third-order valence-corrected chi connectivity index (χ3v) is 13.8. The van der Waals surface area contributed by atoms with E-state index in [2.05, 4.69) is 120 Å². The normalized spacial score (nSPS) is 18.2. The average Bonchev–Trinajstić information content (AvgIpc) is 3.85. The second kappa shape index (κ2) is 15.5. The molecule has 0 spiro atoms. The molecular formula is C51H60N2O. The van der Waals surface area contributed by atoms with Gasteiger partial charge in [-0.05, 0) is 90.5 Å². The van der Waals surface area contributed by atoms with Crippen LogP contribution in [0.25, 0.3) is 55.4 Å². The van der Waals surface area contributed by atoms with Crippen LogP contribution in [0.3, 0.4) is 0 Å². The van der Waals surface area contributed by atoms with Gasteiger partial charge in [0.1, 0.15) is 0 Å². The zero-order valence-corrected chi connectivity index (χ0v) is 32.9. The molecule has 3 heterocycles. The van der Waals surface area contributed by atoms with E-state index in [1.807, 2.05) is 0 Å². The molecule has 0 atom stereocenters. The predicted molar refractivity (Wildman–Crippen MR) is 230 cm³/mol. The lowest BCUT2D eigenvalue weighted by Crippen LogP contribution is -2.29. The van der Waals surface area contributed by atoms with Crippen molar-refractivity contribution in [2.45, 2.75) is 141 Å². The highest BCUT2D eigenvalue weighted by Gasteiger charge is 2.31. The quantitative estimate of drug-likeness (QED) is 0.174. The summed E-state index contributed by atoms with van der Waals surface area (Å²) < 4.78 is 11.9. The van der Waals surface area contributed by atoms with E-state index in [0.717, 1.165) is 23.0 Å². The fraction of sp³-hybridized carbons (Fsp3) is 0.451. The fourth-order valence-corrected chi connectivity index (χ4v) is 10.6. The maximum atomic E-state index is 7.16. The Morgan fingerprint density at radius 3 is 1.35 bits per heavy atom. The minimum atomic E-state index is 0.140. The molecule has 3 heteroatoms. The smallest absolute Gasteiger partial charge is 0.215 e. The highest BCUT2D eigenvalue weighted by atomic mass is 16.4. The van der Waals surface area contributed by atoms with E-state index in [1.54, 1.807) is 0 Å². The number of fused-ring (bicyclic) bond motifs is 7. The fourth-order valence-electron chi connectivity index (χ4n) is 10.6. The number of aromatic nitrogens is 2. The molecule has 9 rings (SSSR count). The van der Waals surface area contributed by atoms with Gasteiger partial charge < -0.3 is 4.42 Å². The van der Waals surface area contributed by atoms with Gasteiger partial charge in [0.05, 0.1) is 21.8 Å². The molecule has 2 aliphatic carbocycles. The second-order valence-electron chi connectivity index (χ2n) is 17.5. The number of para-hydroxylation sites is 2. The van der Waals surface area contributed by atoms with Gasteiger partial charge in [0.15, 0.2) is 0 Å². The van der Waals surface area contributed by atoms with Gasteiger partial charge in [0, 0.05) is 22.1 Å². The molecule has 4 aromatic carbocycles. The second-order valence-corrected chi connectivity index (χ2v) is 17.5. The minimum Gasteiger partial charge on any atom is -0.422 e. The van der Waals surface area contributed by atoms with Crippen LogP contribution in [0, 0.1) is 5.92 Å². The van der Waals surface area contributed by atoms with Crippen molar-refractivity contribution in [2.24, 2.45) is 5.92 Å². The standard InChI is InChI=1S/C51H60N2O/c1-51(2,39-23-15-11-5-3-4-6-12-16-24-39)40-31-35-42(36-32-40)53-46-28-20-18-26-44(46)48-47-43-25-17-19-27-45(43)52(49(47)54-50(48)53)41-33-29-38(30-34-41)37-21-13-9-7-8-10-14-22-37/h17-20,25-37,39H,3-16,21-24H2,1-2H3. The summed E-state index contributed by atoms with van der Waals surface area (Å²) in [5.74, 6) is 1.39. The predicted octanol–water partition coefficient (Wildman–Crippen LogP) is 15.5. The molecule has 0 bridgehead atoms. The van der Waals surface area contributed by atoms with Gasteiger partial charge in [-0.3, -0.25) is 9.13 Å². The van der Waals surface area contributed by atoms with Crippen LogP contribution >= 0.6 is 0 Å². The first-order chi connectivity index (χ1) is 26.6. The van der Waals surface area contributed by atoms with Crippen molar-refractivity contribution < 1.29 is 4.42 Å². The van der Waals surface area contributed by atoms with Crippen molar-refractivity contribution >= 4 is 44.0 Å². The summed E-state index contributed by atoms with van der Waals surface area (Å²) in [5, 5.41) is 4.90. The summed E-state index contributed by atoms with van der Waals surface area (Å²) in [5.41, 5.74) is 9.68. The summed E-state index contributed by atoms with van der Waals surface area (Å²) >= 11 is 0. The zero-order chi connectivity index (χ0) is 36.5. The summed E-state index contributed by atoms with van der Waals surface area (Å²) in [4.78, 5) is 0. The summed E-state index contributed by atoms with van der Waals surface area (Å²) in [6.45, 7) is 5.01. The number of rotatable bonds is 5. The molecule has 7 aromatic rings. The molecule has 2 fully saturated rings. The highest BCUT2D eigenvalue weighted by molar-refractivity contribution is 6.27. The Hall–Kier alpha value is -4.24. The molecule has 0 aliphatic heterocycles. The topological polar surface area (TPSA) is 23.0 Å². The van der Waals surface area contributed by atoms with Crippen LogP contribution in [0.1, 0.15) is 146 Å². The minimum absolute atomic E-state index is 0.140. The van der Waals surface area contributed by atoms with Crippen LogP contribution in [0.5, 0.6) is 0 Å².